The quantitative estimate of drug-likeness (QED) is 0.918. The average Bonchev–Trinajstić information content (AvgIpc) is 2.35. The van der Waals surface area contributed by atoms with Crippen LogP contribution in [-0.4, -0.2) is 43.0 Å². The van der Waals surface area contributed by atoms with Gasteiger partial charge in [-0.3, -0.25) is 4.98 Å². The second-order valence-corrected chi connectivity index (χ2v) is 8.99. The molecule has 1 aliphatic heterocycles. The number of pyridine rings is 1. The van der Waals surface area contributed by atoms with Crippen molar-refractivity contribution in [2.75, 3.05) is 23.0 Å². The molecule has 0 saturated carbocycles. The van der Waals surface area contributed by atoms with Gasteiger partial charge in [0.1, 0.15) is 0 Å². The minimum atomic E-state index is -2.89. The number of sulfone groups is 1. The highest BCUT2D eigenvalue weighted by Crippen LogP contribution is 2.25. The first-order valence-corrected chi connectivity index (χ1v) is 9.15. The van der Waals surface area contributed by atoms with E-state index in [1.165, 1.54) is 0 Å². The molecule has 1 fully saturated rings. The Morgan fingerprint density at radius 3 is 2.76 bits per heavy atom. The van der Waals surface area contributed by atoms with E-state index in [4.69, 9.17) is 0 Å². The Morgan fingerprint density at radius 1 is 1.43 bits per heavy atom. The summed E-state index contributed by atoms with van der Waals surface area (Å²) in [6, 6.07) is 1.98. The van der Waals surface area contributed by atoms with Gasteiger partial charge >= 0.3 is 0 Å². The molecule has 1 unspecified atom stereocenters. The lowest BCUT2D eigenvalue weighted by atomic mass is 10.1. The van der Waals surface area contributed by atoms with E-state index in [9.17, 15) is 8.42 Å². The zero-order valence-electron chi connectivity index (χ0n) is 13.3. The van der Waals surface area contributed by atoms with E-state index in [0.29, 0.717) is 6.54 Å². The maximum atomic E-state index is 11.7. The third-order valence-electron chi connectivity index (χ3n) is 3.67. The van der Waals surface area contributed by atoms with E-state index < -0.39 is 9.84 Å². The van der Waals surface area contributed by atoms with E-state index in [-0.39, 0.29) is 23.1 Å². The Labute approximate surface area is 127 Å². The SMILES string of the molecule is CC1CS(=O)(=O)CCN1c1ccncc1CNC(C)(C)C. The van der Waals surface area contributed by atoms with Crippen LogP contribution in [-0.2, 0) is 16.4 Å². The van der Waals surface area contributed by atoms with Gasteiger partial charge in [0.25, 0.3) is 0 Å². The maximum Gasteiger partial charge on any atom is 0.154 e. The molecule has 2 rings (SSSR count). The van der Waals surface area contributed by atoms with Gasteiger partial charge in [-0.05, 0) is 33.8 Å². The van der Waals surface area contributed by atoms with E-state index in [0.717, 1.165) is 17.8 Å². The molecule has 0 aliphatic carbocycles. The van der Waals surface area contributed by atoms with Crippen LogP contribution in [0.4, 0.5) is 5.69 Å². The summed E-state index contributed by atoms with van der Waals surface area (Å²) in [5, 5.41) is 3.46. The highest BCUT2D eigenvalue weighted by atomic mass is 32.2. The summed E-state index contributed by atoms with van der Waals surface area (Å²) in [7, 11) is -2.89. The molecule has 0 aromatic carbocycles. The number of nitrogens with one attached hydrogen (secondary N) is 1. The van der Waals surface area contributed by atoms with E-state index >= 15 is 0 Å². The van der Waals surface area contributed by atoms with Crippen molar-refractivity contribution < 1.29 is 8.42 Å². The molecular formula is C15H25N3O2S. The zero-order valence-corrected chi connectivity index (χ0v) is 14.1. The summed E-state index contributed by atoms with van der Waals surface area (Å²) in [4.78, 5) is 6.39. The minimum absolute atomic E-state index is 0.000429. The molecule has 21 heavy (non-hydrogen) atoms. The van der Waals surface area contributed by atoms with Gasteiger partial charge < -0.3 is 10.2 Å². The van der Waals surface area contributed by atoms with Crippen LogP contribution in [0.3, 0.4) is 0 Å². The smallest absolute Gasteiger partial charge is 0.154 e. The fourth-order valence-corrected chi connectivity index (χ4v) is 4.11. The number of rotatable bonds is 3. The van der Waals surface area contributed by atoms with Crippen molar-refractivity contribution in [3.05, 3.63) is 24.0 Å². The number of anilines is 1. The molecule has 0 amide bonds. The lowest BCUT2D eigenvalue weighted by Gasteiger charge is -2.36. The Bertz CT molecular complexity index is 593. The maximum absolute atomic E-state index is 11.7. The van der Waals surface area contributed by atoms with E-state index in [2.05, 4.69) is 36.0 Å². The molecule has 0 bridgehead atoms. The van der Waals surface area contributed by atoms with Crippen LogP contribution in [0.15, 0.2) is 18.5 Å². The van der Waals surface area contributed by atoms with Gasteiger partial charge in [0.05, 0.1) is 11.5 Å². The Kier molecular flexibility index (Phi) is 4.58. The van der Waals surface area contributed by atoms with Crippen molar-refractivity contribution >= 4 is 15.5 Å². The predicted octanol–water partition coefficient (Wildman–Crippen LogP) is 1.59. The van der Waals surface area contributed by atoms with Crippen LogP contribution >= 0.6 is 0 Å². The Hall–Kier alpha value is -1.14. The average molecular weight is 311 g/mol. The van der Waals surface area contributed by atoms with Gasteiger partial charge in [-0.15, -0.1) is 0 Å². The number of hydrogen-bond donors (Lipinski definition) is 1. The highest BCUT2D eigenvalue weighted by molar-refractivity contribution is 7.91. The fraction of sp³-hybridized carbons (Fsp3) is 0.667. The summed E-state index contributed by atoms with van der Waals surface area (Å²) in [6.07, 6.45) is 3.63. The van der Waals surface area contributed by atoms with Gasteiger partial charge in [0, 0.05) is 48.3 Å². The van der Waals surface area contributed by atoms with Crippen molar-refractivity contribution in [2.45, 2.75) is 45.8 Å². The summed E-state index contributed by atoms with van der Waals surface area (Å²) < 4.78 is 23.5. The predicted molar refractivity (Wildman–Crippen MR) is 86.3 cm³/mol. The van der Waals surface area contributed by atoms with Gasteiger partial charge in [-0.25, -0.2) is 8.42 Å². The lowest BCUT2D eigenvalue weighted by molar-refractivity contribution is 0.423. The molecule has 6 heteroatoms. The first-order chi connectivity index (χ1) is 9.68. The van der Waals surface area contributed by atoms with Crippen LogP contribution in [0.25, 0.3) is 0 Å². The van der Waals surface area contributed by atoms with Gasteiger partial charge in [-0.1, -0.05) is 0 Å². The first kappa shape index (κ1) is 16.2. The van der Waals surface area contributed by atoms with E-state index in [1.54, 1.807) is 6.20 Å². The molecule has 1 atom stereocenters. The molecule has 118 valence electrons. The Balaban J connectivity index is 2.20. The molecule has 0 radical (unpaired) electrons. The topological polar surface area (TPSA) is 62.3 Å². The second kappa shape index (κ2) is 5.93. The number of hydrogen-bond acceptors (Lipinski definition) is 5. The molecule has 1 aromatic rings. The standard InChI is InChI=1S/C15H25N3O2S/c1-12-11-21(19,20)8-7-18(12)14-5-6-16-9-13(14)10-17-15(2,3)4/h5-6,9,12,17H,7-8,10-11H2,1-4H3. The summed E-state index contributed by atoms with van der Waals surface area (Å²) >= 11 is 0. The first-order valence-electron chi connectivity index (χ1n) is 7.33. The van der Waals surface area contributed by atoms with Crippen LogP contribution in [0.5, 0.6) is 0 Å². The highest BCUT2D eigenvalue weighted by Gasteiger charge is 2.29. The zero-order chi connectivity index (χ0) is 15.7. The second-order valence-electron chi connectivity index (χ2n) is 6.76. The third kappa shape index (κ3) is 4.41. The molecule has 1 saturated heterocycles. The molecule has 1 N–H and O–H groups in total. The molecular weight excluding hydrogens is 286 g/mol. The fourth-order valence-electron chi connectivity index (χ4n) is 2.55. The lowest BCUT2D eigenvalue weighted by Crippen LogP contribution is -2.47. The molecule has 5 nitrogen and oxygen atoms in total. The van der Waals surface area contributed by atoms with Crippen LogP contribution in [0, 0.1) is 0 Å². The normalized spacial score (nSPS) is 22.3. The molecule has 1 aromatic heterocycles. The molecule has 1 aliphatic rings. The van der Waals surface area contributed by atoms with Gasteiger partial charge in [-0.2, -0.15) is 0 Å². The van der Waals surface area contributed by atoms with Crippen molar-refractivity contribution in [3.8, 4) is 0 Å². The number of aromatic nitrogens is 1. The molecule has 0 spiro atoms. The number of nitrogens with zero attached hydrogens (tertiary/aromatic N) is 2. The van der Waals surface area contributed by atoms with Gasteiger partial charge in [0.2, 0.25) is 0 Å². The van der Waals surface area contributed by atoms with E-state index in [1.807, 2.05) is 19.2 Å². The van der Waals surface area contributed by atoms with Crippen molar-refractivity contribution in [1.29, 1.82) is 0 Å². The van der Waals surface area contributed by atoms with Crippen molar-refractivity contribution in [1.82, 2.24) is 10.3 Å². The van der Waals surface area contributed by atoms with Crippen molar-refractivity contribution in [2.24, 2.45) is 0 Å². The van der Waals surface area contributed by atoms with Crippen LogP contribution in [0.1, 0.15) is 33.3 Å². The van der Waals surface area contributed by atoms with Crippen LogP contribution in [0.2, 0.25) is 0 Å². The van der Waals surface area contributed by atoms with Crippen molar-refractivity contribution in [3.63, 3.8) is 0 Å². The Morgan fingerprint density at radius 2 is 2.14 bits per heavy atom. The van der Waals surface area contributed by atoms with Gasteiger partial charge in [0.15, 0.2) is 9.84 Å². The summed E-state index contributed by atoms with van der Waals surface area (Å²) in [6.45, 7) is 9.62. The van der Waals surface area contributed by atoms with Crippen LogP contribution < -0.4 is 10.2 Å². The molecule has 2 heterocycles. The monoisotopic (exact) mass is 311 g/mol. The third-order valence-corrected chi connectivity index (χ3v) is 5.46. The minimum Gasteiger partial charge on any atom is -0.366 e. The summed E-state index contributed by atoms with van der Waals surface area (Å²) in [5.41, 5.74) is 2.23. The largest absolute Gasteiger partial charge is 0.366 e. The summed E-state index contributed by atoms with van der Waals surface area (Å²) in [5.74, 6) is 0.452.